The SMILES string of the molecule is CC1(C)c2ccccc2-c2cc(N(c3ccc4c(c3)sc3ccccc34)c3ccc4ccc5sc6ccccc6c5c4c3)ccc21. The molecule has 10 rings (SSSR count). The molecule has 2 heterocycles. The molecule has 0 saturated carbocycles. The van der Waals surface area contributed by atoms with Crippen LogP contribution in [0.1, 0.15) is 25.0 Å². The van der Waals surface area contributed by atoms with E-state index in [1.54, 1.807) is 0 Å². The van der Waals surface area contributed by atoms with Crippen LogP contribution in [-0.4, -0.2) is 0 Å². The van der Waals surface area contributed by atoms with Gasteiger partial charge in [-0.1, -0.05) is 98.8 Å². The van der Waals surface area contributed by atoms with Crippen molar-refractivity contribution in [1.29, 1.82) is 0 Å². The Kier molecular flexibility index (Phi) is 5.44. The summed E-state index contributed by atoms with van der Waals surface area (Å²) in [7, 11) is 0. The molecule has 0 saturated heterocycles. The zero-order valence-corrected chi connectivity index (χ0v) is 27.2. The fourth-order valence-corrected chi connectivity index (χ4v) is 10.1. The van der Waals surface area contributed by atoms with E-state index in [0.29, 0.717) is 0 Å². The minimum Gasteiger partial charge on any atom is -0.310 e. The molecule has 2 aromatic heterocycles. The molecule has 0 atom stereocenters. The predicted octanol–water partition coefficient (Wildman–Crippen LogP) is 13.4. The summed E-state index contributed by atoms with van der Waals surface area (Å²) < 4.78 is 5.31. The summed E-state index contributed by atoms with van der Waals surface area (Å²) in [5.74, 6) is 0. The molecule has 0 unspecified atom stereocenters. The summed E-state index contributed by atoms with van der Waals surface area (Å²) in [6, 6.07) is 52.2. The second-order valence-electron chi connectivity index (χ2n) is 13.0. The second kappa shape index (κ2) is 9.53. The minimum atomic E-state index is -0.0279. The van der Waals surface area contributed by atoms with Gasteiger partial charge in [0.2, 0.25) is 0 Å². The number of thiophene rings is 2. The minimum absolute atomic E-state index is 0.0279. The van der Waals surface area contributed by atoms with Crippen LogP contribution in [0.3, 0.4) is 0 Å². The van der Waals surface area contributed by atoms with E-state index in [4.69, 9.17) is 0 Å². The van der Waals surface area contributed by atoms with Gasteiger partial charge in [0.25, 0.3) is 0 Å². The second-order valence-corrected chi connectivity index (χ2v) is 15.1. The van der Waals surface area contributed by atoms with E-state index in [9.17, 15) is 0 Å². The maximum Gasteiger partial charge on any atom is 0.0476 e. The Morgan fingerprint density at radius 1 is 0.435 bits per heavy atom. The molecule has 0 radical (unpaired) electrons. The van der Waals surface area contributed by atoms with E-state index in [1.165, 1.54) is 90.4 Å². The third kappa shape index (κ3) is 3.67. The summed E-state index contributed by atoms with van der Waals surface area (Å²) in [5.41, 5.74) is 8.95. The van der Waals surface area contributed by atoms with Crippen LogP contribution in [0.4, 0.5) is 17.1 Å². The largest absolute Gasteiger partial charge is 0.310 e. The molecule has 0 fully saturated rings. The molecule has 218 valence electrons. The van der Waals surface area contributed by atoms with Gasteiger partial charge in [-0.3, -0.25) is 0 Å². The smallest absolute Gasteiger partial charge is 0.0476 e. The topological polar surface area (TPSA) is 3.24 Å². The van der Waals surface area contributed by atoms with Gasteiger partial charge >= 0.3 is 0 Å². The van der Waals surface area contributed by atoms with E-state index in [0.717, 1.165) is 0 Å². The molecule has 0 spiro atoms. The number of hydrogen-bond donors (Lipinski definition) is 0. The van der Waals surface area contributed by atoms with Crippen molar-refractivity contribution in [2.24, 2.45) is 0 Å². The van der Waals surface area contributed by atoms with E-state index in [2.05, 4.69) is 158 Å². The highest BCUT2D eigenvalue weighted by Crippen LogP contribution is 2.51. The van der Waals surface area contributed by atoms with Gasteiger partial charge in [0.1, 0.15) is 0 Å². The van der Waals surface area contributed by atoms with Crippen molar-refractivity contribution in [3.8, 4) is 11.1 Å². The van der Waals surface area contributed by atoms with E-state index in [1.807, 2.05) is 22.7 Å². The van der Waals surface area contributed by atoms with Gasteiger partial charge in [-0.25, -0.2) is 0 Å². The summed E-state index contributed by atoms with van der Waals surface area (Å²) in [6.07, 6.45) is 0. The first kappa shape index (κ1) is 26.3. The zero-order chi connectivity index (χ0) is 30.6. The molecule has 0 bridgehead atoms. The first-order valence-electron chi connectivity index (χ1n) is 15.8. The fraction of sp³-hybridized carbons (Fsp3) is 0.0698. The lowest BCUT2D eigenvalue weighted by Crippen LogP contribution is -2.15. The van der Waals surface area contributed by atoms with Crippen molar-refractivity contribution in [2.75, 3.05) is 4.90 Å². The molecule has 46 heavy (non-hydrogen) atoms. The molecule has 1 nitrogen and oxygen atoms in total. The van der Waals surface area contributed by atoms with Crippen LogP contribution in [0.5, 0.6) is 0 Å². The Labute approximate surface area is 275 Å². The lowest BCUT2D eigenvalue weighted by atomic mass is 9.82. The molecule has 7 aromatic carbocycles. The van der Waals surface area contributed by atoms with Crippen LogP contribution in [0, 0.1) is 0 Å². The van der Waals surface area contributed by atoms with Gasteiger partial charge in [-0.15, -0.1) is 22.7 Å². The van der Waals surface area contributed by atoms with Crippen molar-refractivity contribution in [3.63, 3.8) is 0 Å². The maximum absolute atomic E-state index is 2.46. The van der Waals surface area contributed by atoms with Crippen molar-refractivity contribution in [2.45, 2.75) is 19.3 Å². The summed E-state index contributed by atoms with van der Waals surface area (Å²) in [4.78, 5) is 2.46. The highest BCUT2D eigenvalue weighted by atomic mass is 32.1. The molecular formula is C43H29NS2. The van der Waals surface area contributed by atoms with Gasteiger partial charge < -0.3 is 4.90 Å². The van der Waals surface area contributed by atoms with Gasteiger partial charge in [-0.05, 0) is 87.6 Å². The van der Waals surface area contributed by atoms with Gasteiger partial charge in [0.05, 0.1) is 0 Å². The Morgan fingerprint density at radius 2 is 1.04 bits per heavy atom. The number of hydrogen-bond acceptors (Lipinski definition) is 3. The van der Waals surface area contributed by atoms with Crippen LogP contribution >= 0.6 is 22.7 Å². The summed E-state index contributed by atoms with van der Waals surface area (Å²) in [5, 5.41) is 7.90. The number of rotatable bonds is 3. The fourth-order valence-electron chi connectivity index (χ4n) is 7.82. The van der Waals surface area contributed by atoms with Gasteiger partial charge in [0.15, 0.2) is 0 Å². The van der Waals surface area contributed by atoms with Crippen molar-refractivity contribution in [3.05, 3.63) is 151 Å². The molecular weight excluding hydrogens is 595 g/mol. The Balaban J connectivity index is 1.24. The third-order valence-corrected chi connectivity index (χ3v) is 12.3. The van der Waals surface area contributed by atoms with Crippen LogP contribution < -0.4 is 4.90 Å². The van der Waals surface area contributed by atoms with Crippen molar-refractivity contribution in [1.82, 2.24) is 0 Å². The van der Waals surface area contributed by atoms with Crippen LogP contribution in [0.25, 0.3) is 62.2 Å². The highest BCUT2D eigenvalue weighted by Gasteiger charge is 2.35. The number of nitrogens with zero attached hydrogens (tertiary/aromatic N) is 1. The zero-order valence-electron chi connectivity index (χ0n) is 25.5. The average Bonchev–Trinajstić information content (AvgIpc) is 3.73. The molecule has 1 aliphatic carbocycles. The quantitative estimate of drug-likeness (QED) is 0.189. The summed E-state index contributed by atoms with van der Waals surface area (Å²) in [6.45, 7) is 4.70. The monoisotopic (exact) mass is 623 g/mol. The standard InChI is InChI=1S/C43H29NS2/c1-43(2)36-12-6-3-9-30(36)35-24-28(19-21-37(35)43)44(29-18-20-32-31-10-4-7-13-38(31)46-41(32)25-29)27-17-15-26-16-22-40-42(34(26)23-27)33-11-5-8-14-39(33)45-40/h3-25H,1-2H3. The Morgan fingerprint density at radius 3 is 1.93 bits per heavy atom. The normalized spacial score (nSPS) is 13.6. The summed E-state index contributed by atoms with van der Waals surface area (Å²) >= 11 is 3.76. The molecule has 3 heteroatoms. The average molecular weight is 624 g/mol. The Bertz CT molecular complexity index is 2690. The first-order chi connectivity index (χ1) is 22.5. The highest BCUT2D eigenvalue weighted by molar-refractivity contribution is 7.26. The number of anilines is 3. The predicted molar refractivity (Wildman–Crippen MR) is 202 cm³/mol. The van der Waals surface area contributed by atoms with Crippen molar-refractivity contribution >= 4 is 90.9 Å². The molecule has 0 aliphatic heterocycles. The van der Waals surface area contributed by atoms with Crippen LogP contribution in [-0.2, 0) is 5.41 Å². The van der Waals surface area contributed by atoms with Crippen LogP contribution in [0.2, 0.25) is 0 Å². The maximum atomic E-state index is 2.46. The van der Waals surface area contributed by atoms with E-state index in [-0.39, 0.29) is 5.41 Å². The first-order valence-corrected chi connectivity index (χ1v) is 17.5. The number of benzene rings is 7. The number of fused-ring (bicyclic) bond motifs is 11. The molecule has 1 aliphatic rings. The van der Waals surface area contributed by atoms with E-state index < -0.39 is 0 Å². The van der Waals surface area contributed by atoms with Gasteiger partial charge in [-0.2, -0.15) is 0 Å². The van der Waals surface area contributed by atoms with Crippen molar-refractivity contribution < 1.29 is 0 Å². The lowest BCUT2D eigenvalue weighted by molar-refractivity contribution is 0.660. The van der Waals surface area contributed by atoms with Gasteiger partial charge in [0, 0.05) is 62.8 Å². The molecule has 0 amide bonds. The van der Waals surface area contributed by atoms with Crippen LogP contribution in [0.15, 0.2) is 140 Å². The molecule has 9 aromatic rings. The Hall–Kier alpha value is -4.96. The lowest BCUT2D eigenvalue weighted by Gasteiger charge is -2.27. The third-order valence-electron chi connectivity index (χ3n) is 10.0. The van der Waals surface area contributed by atoms with E-state index >= 15 is 0 Å². The molecule has 0 N–H and O–H groups in total.